The van der Waals surface area contributed by atoms with Gasteiger partial charge in [0.15, 0.2) is 0 Å². The molecule has 0 saturated carbocycles. The number of hydrogen-bond donors (Lipinski definition) is 4. The van der Waals surface area contributed by atoms with Gasteiger partial charge in [0.05, 0.1) is 19.8 Å². The number of aliphatic hydroxyl groups excluding tert-OH is 3. The van der Waals surface area contributed by atoms with E-state index in [1.54, 1.807) is 6.92 Å². The molecule has 4 N–H and O–H groups in total. The van der Waals surface area contributed by atoms with Crippen molar-refractivity contribution in [3.05, 3.63) is 0 Å². The molecule has 0 aliphatic carbocycles. The van der Waals surface area contributed by atoms with Crippen molar-refractivity contribution >= 4 is 40.2 Å². The SMILES string of the molecule is CC(=O)CCCOP.O=C(O)CCCOP.OCCCCO.OCCCCOP. The number of ketones is 1. The second-order valence-electron chi connectivity index (χ2n) is 5.50. The summed E-state index contributed by atoms with van der Waals surface area (Å²) in [5.74, 6) is -0.542. The van der Waals surface area contributed by atoms with Gasteiger partial charge in [-0.05, 0) is 45.4 Å². The van der Waals surface area contributed by atoms with Crippen LogP contribution in [-0.4, -0.2) is 71.8 Å². The maximum Gasteiger partial charge on any atom is 0.303 e. The van der Waals surface area contributed by atoms with Crippen LogP contribution in [0, 0.1) is 0 Å². The molecule has 0 amide bonds. The van der Waals surface area contributed by atoms with Gasteiger partial charge in [-0.15, -0.1) is 0 Å². The van der Waals surface area contributed by atoms with Crippen molar-refractivity contribution in [3.63, 3.8) is 0 Å². The van der Waals surface area contributed by atoms with Crippen LogP contribution in [0.15, 0.2) is 0 Å². The maximum absolute atomic E-state index is 10.3. The molecule has 0 aromatic rings. The molecule has 0 radical (unpaired) electrons. The fourth-order valence-electron chi connectivity index (χ4n) is 1.23. The van der Waals surface area contributed by atoms with E-state index in [0.717, 1.165) is 38.7 Å². The highest BCUT2D eigenvalue weighted by Gasteiger charge is 1.93. The second-order valence-corrected chi connectivity index (χ2v) is 6.50. The maximum atomic E-state index is 10.3. The normalized spacial score (nSPS) is 9.21. The molecule has 3 atom stereocenters. The first-order valence-electron chi connectivity index (χ1n) is 9.36. The summed E-state index contributed by atoms with van der Waals surface area (Å²) in [6.07, 6.45) is 5.46. The highest BCUT2D eigenvalue weighted by molar-refractivity contribution is 7.10. The standard InChI is InChI=1S/C5H11O2P.C4H9O3P.C4H11O2P.C4H10O2/c1-5(6)3-2-4-7-8;5-4(6)2-1-3-7-8;5-3-1-2-4-6-7;5-3-1-2-4-6/h2-4,8H2,1H3;1-3,8H2,(H,5,6);5H,1-4,7H2;5-6H,1-4H2. The number of aliphatic hydroxyl groups is 3. The zero-order valence-electron chi connectivity index (χ0n) is 17.5. The average molecular weight is 482 g/mol. The Kier molecular flexibility index (Phi) is 48.9. The molecule has 0 saturated heterocycles. The van der Waals surface area contributed by atoms with E-state index in [4.69, 9.17) is 20.4 Å². The number of Topliss-reactive ketones (excluding diaryl/α,β-unsaturated/α-hetero) is 1. The number of carbonyl (C=O) groups excluding carboxylic acids is 1. The van der Waals surface area contributed by atoms with Gasteiger partial charge in [-0.3, -0.25) is 4.79 Å². The Labute approximate surface area is 182 Å². The quantitative estimate of drug-likeness (QED) is 0.204. The summed E-state index contributed by atoms with van der Waals surface area (Å²) in [6, 6.07) is 0. The van der Waals surface area contributed by atoms with E-state index in [1.807, 2.05) is 0 Å². The van der Waals surface area contributed by atoms with Gasteiger partial charge in [-0.25, -0.2) is 0 Å². The number of carboxylic acid groups (broad SMARTS) is 1. The minimum absolute atomic E-state index is 0.189. The number of unbranched alkanes of at least 4 members (excludes halogenated alkanes) is 2. The highest BCUT2D eigenvalue weighted by atomic mass is 31.0. The summed E-state index contributed by atoms with van der Waals surface area (Å²) in [4.78, 5) is 20.1. The van der Waals surface area contributed by atoms with Crippen LogP contribution in [-0.2, 0) is 23.2 Å². The van der Waals surface area contributed by atoms with Crippen molar-refractivity contribution in [1.82, 2.24) is 0 Å². The lowest BCUT2D eigenvalue weighted by atomic mass is 10.2. The molecule has 0 bridgehead atoms. The Morgan fingerprint density at radius 1 is 0.655 bits per heavy atom. The van der Waals surface area contributed by atoms with Crippen molar-refractivity contribution in [3.8, 4) is 0 Å². The first-order valence-corrected chi connectivity index (χ1v) is 10.8. The molecule has 0 fully saturated rings. The molecule has 0 aliphatic rings. The second kappa shape index (κ2) is 38.8. The van der Waals surface area contributed by atoms with E-state index < -0.39 is 5.97 Å². The van der Waals surface area contributed by atoms with Gasteiger partial charge in [0.25, 0.3) is 0 Å². The van der Waals surface area contributed by atoms with Crippen LogP contribution in [0.5, 0.6) is 0 Å². The van der Waals surface area contributed by atoms with E-state index >= 15 is 0 Å². The molecule has 12 heteroatoms. The van der Waals surface area contributed by atoms with Crippen molar-refractivity contribution in [2.75, 3.05) is 39.6 Å². The third-order valence-corrected chi connectivity index (χ3v) is 3.39. The Morgan fingerprint density at radius 2 is 1.00 bits per heavy atom. The zero-order valence-corrected chi connectivity index (χ0v) is 20.9. The fourth-order valence-corrected chi connectivity index (χ4v) is 1.73. The van der Waals surface area contributed by atoms with Gasteiger partial charge in [-0.2, -0.15) is 0 Å². The van der Waals surface area contributed by atoms with Crippen molar-refractivity contribution in [1.29, 1.82) is 0 Å². The summed E-state index contributed by atoms with van der Waals surface area (Å²) >= 11 is 0. The van der Waals surface area contributed by atoms with Crippen LogP contribution in [0.4, 0.5) is 0 Å². The molecule has 9 nitrogen and oxygen atoms in total. The van der Waals surface area contributed by atoms with E-state index in [1.165, 1.54) is 0 Å². The number of hydrogen-bond acceptors (Lipinski definition) is 8. The minimum Gasteiger partial charge on any atom is -0.481 e. The summed E-state index contributed by atoms with van der Waals surface area (Å²) in [7, 11) is 6.39. The number of carbonyl (C=O) groups is 2. The number of carboxylic acids is 1. The monoisotopic (exact) mass is 482 g/mol. The van der Waals surface area contributed by atoms with Gasteiger partial charge in [-0.1, -0.05) is 0 Å². The lowest BCUT2D eigenvalue weighted by molar-refractivity contribution is -0.137. The number of rotatable bonds is 15. The Morgan fingerprint density at radius 3 is 1.31 bits per heavy atom. The summed E-state index contributed by atoms with van der Waals surface area (Å²) in [6.45, 7) is 4.13. The van der Waals surface area contributed by atoms with Crippen LogP contribution < -0.4 is 0 Å². The van der Waals surface area contributed by atoms with Crippen molar-refractivity contribution in [2.45, 2.75) is 58.3 Å². The van der Waals surface area contributed by atoms with Crippen molar-refractivity contribution in [2.24, 2.45) is 0 Å². The van der Waals surface area contributed by atoms with Crippen LogP contribution in [0.2, 0.25) is 0 Å². The Bertz CT molecular complexity index is 284. The summed E-state index contributed by atoms with van der Waals surface area (Å²) in [5, 5.41) is 32.5. The summed E-state index contributed by atoms with van der Waals surface area (Å²) in [5.41, 5.74) is 0. The van der Waals surface area contributed by atoms with E-state index in [9.17, 15) is 9.59 Å². The first-order chi connectivity index (χ1) is 13.9. The topological polar surface area (TPSA) is 143 Å². The zero-order chi connectivity index (χ0) is 23.2. The minimum atomic E-state index is -0.771. The molecule has 0 aliphatic heterocycles. The fraction of sp³-hybridized carbons (Fsp3) is 0.882. The molecule has 29 heavy (non-hydrogen) atoms. The molecule has 178 valence electrons. The smallest absolute Gasteiger partial charge is 0.303 e. The molecule has 0 aromatic carbocycles. The third kappa shape index (κ3) is 65.4. The van der Waals surface area contributed by atoms with E-state index in [0.29, 0.717) is 26.1 Å². The molecular formula is C17H41O9P3. The highest BCUT2D eigenvalue weighted by Crippen LogP contribution is 1.94. The van der Waals surface area contributed by atoms with Gasteiger partial charge in [0.1, 0.15) is 5.78 Å². The molecule has 0 rings (SSSR count). The van der Waals surface area contributed by atoms with Crippen LogP contribution in [0.25, 0.3) is 0 Å². The Hall–Kier alpha value is 0.190. The predicted molar refractivity (Wildman–Crippen MR) is 123 cm³/mol. The van der Waals surface area contributed by atoms with E-state index in [2.05, 4.69) is 42.0 Å². The molecule has 0 aromatic heterocycles. The van der Waals surface area contributed by atoms with Crippen LogP contribution >= 0.6 is 28.4 Å². The largest absolute Gasteiger partial charge is 0.481 e. The average Bonchev–Trinajstić information content (AvgIpc) is 2.68. The van der Waals surface area contributed by atoms with Crippen molar-refractivity contribution < 1.29 is 43.6 Å². The lowest BCUT2D eigenvalue weighted by Crippen LogP contribution is -1.95. The van der Waals surface area contributed by atoms with Crippen LogP contribution in [0.1, 0.15) is 58.3 Å². The van der Waals surface area contributed by atoms with Gasteiger partial charge < -0.3 is 38.8 Å². The number of aliphatic carboxylic acids is 1. The van der Waals surface area contributed by atoms with Crippen LogP contribution in [0.3, 0.4) is 0 Å². The Balaban J connectivity index is -0.000000145. The van der Waals surface area contributed by atoms with Gasteiger partial charge in [0.2, 0.25) is 0 Å². The molecule has 3 unspecified atom stereocenters. The van der Waals surface area contributed by atoms with Gasteiger partial charge in [0, 0.05) is 61.1 Å². The van der Waals surface area contributed by atoms with Gasteiger partial charge >= 0.3 is 5.97 Å². The third-order valence-electron chi connectivity index (χ3n) is 2.68. The predicted octanol–water partition coefficient (Wildman–Crippen LogP) is 2.14. The molecule has 0 spiro atoms. The lowest BCUT2D eigenvalue weighted by Gasteiger charge is -1.92. The molecular weight excluding hydrogens is 441 g/mol. The van der Waals surface area contributed by atoms with E-state index in [-0.39, 0.29) is 32.0 Å². The first kappa shape index (κ1) is 36.6. The summed E-state index contributed by atoms with van der Waals surface area (Å²) < 4.78 is 13.9. The molecule has 0 heterocycles.